The van der Waals surface area contributed by atoms with Crippen LogP contribution < -0.4 is 5.32 Å². The van der Waals surface area contributed by atoms with Crippen molar-refractivity contribution in [1.29, 1.82) is 5.26 Å². The molecule has 1 amide bonds. The van der Waals surface area contributed by atoms with E-state index in [1.54, 1.807) is 0 Å². The van der Waals surface area contributed by atoms with Gasteiger partial charge in [0.05, 0.1) is 16.5 Å². The molecule has 7 heteroatoms. The monoisotopic (exact) mass is 435 g/mol. The fourth-order valence-electron chi connectivity index (χ4n) is 4.14. The van der Waals surface area contributed by atoms with Crippen molar-refractivity contribution in [2.75, 3.05) is 19.6 Å². The molecule has 1 saturated carbocycles. The molecule has 1 heterocycles. The summed E-state index contributed by atoms with van der Waals surface area (Å²) in [5, 5.41) is 11.9. The minimum Gasteiger partial charge on any atom is -0.356 e. The number of sulfonamides is 1. The van der Waals surface area contributed by atoms with Crippen LogP contribution in [0.1, 0.15) is 71.8 Å². The standard InChI is InChI=1S/C21H29N3O3S.2CH4/c22-14-17-8-10-20(11-9-17)28(26,27)24-13-12-18(16-24)15-23-21(25)19-6-4-2-1-3-5-7-19;;/h8-11,18-19H,1-7,12-13,15-16H2,(H,23,25);2*1H4. The lowest BCUT2D eigenvalue weighted by molar-refractivity contribution is -0.125. The second-order valence-electron chi connectivity index (χ2n) is 7.94. The van der Waals surface area contributed by atoms with Gasteiger partial charge >= 0.3 is 0 Å². The maximum atomic E-state index is 12.8. The first-order valence-electron chi connectivity index (χ1n) is 10.3. The summed E-state index contributed by atoms with van der Waals surface area (Å²) in [7, 11) is -3.55. The van der Waals surface area contributed by atoms with Gasteiger partial charge in [-0.25, -0.2) is 8.42 Å². The number of nitriles is 1. The van der Waals surface area contributed by atoms with Crippen LogP contribution in [0, 0.1) is 23.2 Å². The number of amides is 1. The molecular weight excluding hydrogens is 398 g/mol. The average Bonchev–Trinajstić information content (AvgIpc) is 3.16. The number of hydrogen-bond donors (Lipinski definition) is 1. The second kappa shape index (κ2) is 12.1. The summed E-state index contributed by atoms with van der Waals surface area (Å²) in [5.41, 5.74) is 0.440. The lowest BCUT2D eigenvalue weighted by Crippen LogP contribution is -2.36. The third-order valence-electron chi connectivity index (χ3n) is 5.91. The number of rotatable bonds is 5. The molecule has 0 radical (unpaired) electrons. The van der Waals surface area contributed by atoms with Gasteiger partial charge in [0.25, 0.3) is 0 Å². The van der Waals surface area contributed by atoms with Gasteiger partial charge < -0.3 is 5.32 Å². The lowest BCUT2D eigenvalue weighted by Gasteiger charge is -2.20. The summed E-state index contributed by atoms with van der Waals surface area (Å²) in [6.45, 7) is 1.42. The molecule has 0 aromatic heterocycles. The van der Waals surface area contributed by atoms with Gasteiger partial charge in [-0.1, -0.05) is 47.0 Å². The Bertz CT molecular complexity index is 807. The summed E-state index contributed by atoms with van der Waals surface area (Å²) < 4.78 is 27.1. The van der Waals surface area contributed by atoms with Crippen molar-refractivity contribution in [2.24, 2.45) is 11.8 Å². The van der Waals surface area contributed by atoms with Gasteiger partial charge in [-0.05, 0) is 49.4 Å². The minimum atomic E-state index is -3.55. The van der Waals surface area contributed by atoms with Crippen LogP contribution in [-0.2, 0) is 14.8 Å². The van der Waals surface area contributed by atoms with Gasteiger partial charge in [0.2, 0.25) is 15.9 Å². The van der Waals surface area contributed by atoms with Gasteiger partial charge in [-0.2, -0.15) is 9.57 Å². The first-order valence-corrected chi connectivity index (χ1v) is 11.7. The first-order chi connectivity index (χ1) is 13.5. The van der Waals surface area contributed by atoms with E-state index in [0.29, 0.717) is 25.2 Å². The van der Waals surface area contributed by atoms with E-state index in [1.165, 1.54) is 47.8 Å². The van der Waals surface area contributed by atoms with Crippen LogP contribution >= 0.6 is 0 Å². The lowest BCUT2D eigenvalue weighted by atomic mass is 9.90. The maximum absolute atomic E-state index is 12.8. The summed E-state index contributed by atoms with van der Waals surface area (Å²) in [5.74, 6) is 0.390. The van der Waals surface area contributed by atoms with E-state index < -0.39 is 10.0 Å². The first kappa shape index (κ1) is 26.1. The summed E-state index contributed by atoms with van der Waals surface area (Å²) in [6.07, 6.45) is 8.64. The van der Waals surface area contributed by atoms with Crippen molar-refractivity contribution in [2.45, 2.75) is 71.1 Å². The van der Waals surface area contributed by atoms with Crippen LogP contribution in [0.5, 0.6) is 0 Å². The Hall–Kier alpha value is -1.91. The molecule has 0 spiro atoms. The molecule has 1 aliphatic carbocycles. The third kappa shape index (κ3) is 6.55. The van der Waals surface area contributed by atoms with E-state index in [-0.39, 0.29) is 37.5 Å². The van der Waals surface area contributed by atoms with Crippen LogP contribution in [-0.4, -0.2) is 38.3 Å². The third-order valence-corrected chi connectivity index (χ3v) is 7.79. The van der Waals surface area contributed by atoms with Crippen molar-refractivity contribution < 1.29 is 13.2 Å². The number of hydrogen-bond acceptors (Lipinski definition) is 4. The topological polar surface area (TPSA) is 90.3 Å². The van der Waals surface area contributed by atoms with Crippen molar-refractivity contribution in [3.8, 4) is 6.07 Å². The molecule has 1 aromatic carbocycles. The number of nitrogens with one attached hydrogen (secondary N) is 1. The predicted octanol–water partition coefficient (Wildman–Crippen LogP) is 4.32. The SMILES string of the molecule is C.C.N#Cc1ccc(S(=O)(=O)N2CCC(CNC(=O)C3CCCCCCC3)C2)cc1. The molecule has 30 heavy (non-hydrogen) atoms. The van der Waals surface area contributed by atoms with Crippen LogP contribution in [0.15, 0.2) is 29.2 Å². The highest BCUT2D eigenvalue weighted by atomic mass is 32.2. The molecule has 0 bridgehead atoms. The van der Waals surface area contributed by atoms with E-state index in [0.717, 1.165) is 32.1 Å². The van der Waals surface area contributed by atoms with Crippen molar-refractivity contribution in [3.05, 3.63) is 29.8 Å². The Balaban J connectivity index is 0.00000225. The van der Waals surface area contributed by atoms with Crippen molar-refractivity contribution in [3.63, 3.8) is 0 Å². The fourth-order valence-corrected chi connectivity index (χ4v) is 5.67. The van der Waals surface area contributed by atoms with E-state index in [4.69, 9.17) is 5.26 Å². The highest BCUT2D eigenvalue weighted by Gasteiger charge is 2.33. The van der Waals surface area contributed by atoms with E-state index in [1.807, 2.05) is 6.07 Å². The average molecular weight is 436 g/mol. The van der Waals surface area contributed by atoms with Gasteiger partial charge in [-0.15, -0.1) is 0 Å². The van der Waals surface area contributed by atoms with E-state index in [2.05, 4.69) is 5.32 Å². The zero-order valence-corrected chi connectivity index (χ0v) is 17.1. The maximum Gasteiger partial charge on any atom is 0.243 e. The molecule has 2 aliphatic rings. The minimum absolute atomic E-state index is 0. The predicted molar refractivity (Wildman–Crippen MR) is 120 cm³/mol. The molecular formula is C23H37N3O3S. The van der Waals surface area contributed by atoms with Gasteiger partial charge in [-0.3, -0.25) is 4.79 Å². The number of nitrogens with zero attached hydrogens (tertiary/aromatic N) is 2. The van der Waals surface area contributed by atoms with Gasteiger partial charge in [0.1, 0.15) is 0 Å². The van der Waals surface area contributed by atoms with Crippen LogP contribution in [0.4, 0.5) is 0 Å². The summed E-state index contributed by atoms with van der Waals surface area (Å²) in [6, 6.07) is 8.01. The Morgan fingerprint density at radius 2 is 1.63 bits per heavy atom. The van der Waals surface area contributed by atoms with Gasteiger partial charge in [0, 0.05) is 25.6 Å². The largest absolute Gasteiger partial charge is 0.356 e. The smallest absolute Gasteiger partial charge is 0.243 e. The second-order valence-corrected chi connectivity index (χ2v) is 9.88. The summed E-state index contributed by atoms with van der Waals surface area (Å²) >= 11 is 0. The summed E-state index contributed by atoms with van der Waals surface area (Å²) in [4.78, 5) is 12.7. The van der Waals surface area contributed by atoms with E-state index in [9.17, 15) is 13.2 Å². The molecule has 1 aliphatic heterocycles. The molecule has 6 nitrogen and oxygen atoms in total. The molecule has 1 N–H and O–H groups in total. The molecule has 1 unspecified atom stereocenters. The van der Waals surface area contributed by atoms with E-state index >= 15 is 0 Å². The Morgan fingerprint density at radius 3 is 2.23 bits per heavy atom. The molecule has 1 aromatic rings. The van der Waals surface area contributed by atoms with Crippen LogP contribution in [0.3, 0.4) is 0 Å². The van der Waals surface area contributed by atoms with Crippen LogP contribution in [0.25, 0.3) is 0 Å². The molecule has 1 atom stereocenters. The molecule has 168 valence electrons. The zero-order chi connectivity index (χ0) is 20.0. The number of benzene rings is 1. The molecule has 1 saturated heterocycles. The Labute approximate surface area is 182 Å². The Kier molecular flexibility index (Phi) is 10.5. The fraction of sp³-hybridized carbons (Fsp3) is 0.652. The number of carbonyl (C=O) groups excluding carboxylic acids is 1. The van der Waals surface area contributed by atoms with Crippen LogP contribution in [0.2, 0.25) is 0 Å². The zero-order valence-electron chi connectivity index (χ0n) is 16.3. The quantitative estimate of drug-likeness (QED) is 0.746. The van der Waals surface area contributed by atoms with Gasteiger partial charge in [0.15, 0.2) is 0 Å². The van der Waals surface area contributed by atoms with Crippen molar-refractivity contribution >= 4 is 15.9 Å². The number of carbonyl (C=O) groups is 1. The van der Waals surface area contributed by atoms with Crippen molar-refractivity contribution in [1.82, 2.24) is 9.62 Å². The molecule has 2 fully saturated rings. The molecule has 3 rings (SSSR count). The Morgan fingerprint density at radius 1 is 1.03 bits per heavy atom. The highest BCUT2D eigenvalue weighted by Crippen LogP contribution is 2.25. The normalized spacial score (nSPS) is 20.7. The highest BCUT2D eigenvalue weighted by molar-refractivity contribution is 7.89.